The van der Waals surface area contributed by atoms with Gasteiger partial charge in [-0.15, -0.1) is 0 Å². The number of rotatable bonds is 3. The lowest BCUT2D eigenvalue weighted by atomic mass is 9.91. The summed E-state index contributed by atoms with van der Waals surface area (Å²) in [5, 5.41) is 2.60. The van der Waals surface area contributed by atoms with Crippen LogP contribution >= 0.6 is 0 Å². The summed E-state index contributed by atoms with van der Waals surface area (Å²) in [7, 11) is 0. The van der Waals surface area contributed by atoms with E-state index in [-0.39, 0.29) is 24.0 Å². The number of nitrogens with one attached hydrogen (secondary N) is 1. The minimum Gasteiger partial charge on any atom is -0.368 e. The van der Waals surface area contributed by atoms with E-state index in [0.717, 1.165) is 23.4 Å². The van der Waals surface area contributed by atoms with Gasteiger partial charge in [0.05, 0.1) is 28.8 Å². The number of hydrogen-bond donors (Lipinski definition) is 2. The van der Waals surface area contributed by atoms with Crippen molar-refractivity contribution >= 4 is 29.1 Å². The van der Waals surface area contributed by atoms with Gasteiger partial charge in [0.2, 0.25) is 11.9 Å². The Kier molecular flexibility index (Phi) is 4.81. The predicted octanol–water partition coefficient (Wildman–Crippen LogP) is 3.61. The molecule has 0 saturated heterocycles. The molecule has 1 aromatic carbocycles. The van der Waals surface area contributed by atoms with Crippen molar-refractivity contribution in [1.82, 2.24) is 15.0 Å². The first-order chi connectivity index (χ1) is 16.1. The van der Waals surface area contributed by atoms with Crippen molar-refractivity contribution in [2.24, 2.45) is 0 Å². The van der Waals surface area contributed by atoms with Gasteiger partial charge in [0.1, 0.15) is 0 Å². The van der Waals surface area contributed by atoms with Crippen molar-refractivity contribution in [2.45, 2.75) is 37.9 Å². The summed E-state index contributed by atoms with van der Waals surface area (Å²) in [5.74, 6) is -0.728. The minimum atomic E-state index is -4.61. The Morgan fingerprint density at radius 2 is 1.94 bits per heavy atom. The van der Waals surface area contributed by atoms with Gasteiger partial charge in [-0.1, -0.05) is 6.07 Å². The second-order valence-corrected chi connectivity index (χ2v) is 8.49. The number of amides is 2. The van der Waals surface area contributed by atoms with E-state index in [1.807, 2.05) is 6.92 Å². The maximum atomic E-state index is 13.4. The van der Waals surface area contributed by atoms with Gasteiger partial charge in [-0.2, -0.15) is 13.2 Å². The van der Waals surface area contributed by atoms with Crippen LogP contribution in [0.4, 0.5) is 30.5 Å². The highest BCUT2D eigenvalue weighted by Crippen LogP contribution is 2.53. The van der Waals surface area contributed by atoms with Crippen molar-refractivity contribution in [1.29, 1.82) is 0 Å². The molecule has 1 saturated carbocycles. The molecule has 2 aromatic heterocycles. The van der Waals surface area contributed by atoms with Crippen LogP contribution in [0.1, 0.15) is 45.6 Å². The highest BCUT2D eigenvalue weighted by Gasteiger charge is 2.58. The third kappa shape index (κ3) is 3.62. The molecule has 0 bridgehead atoms. The number of alkyl halides is 3. The van der Waals surface area contributed by atoms with E-state index in [9.17, 15) is 22.8 Å². The zero-order valence-electron chi connectivity index (χ0n) is 18.0. The number of pyridine rings is 1. The van der Waals surface area contributed by atoms with Gasteiger partial charge in [-0.05, 0) is 43.5 Å². The van der Waals surface area contributed by atoms with Gasteiger partial charge in [0.15, 0.2) is 0 Å². The summed E-state index contributed by atoms with van der Waals surface area (Å²) in [6, 6.07) is 5.73. The van der Waals surface area contributed by atoms with Crippen molar-refractivity contribution < 1.29 is 22.8 Å². The molecule has 0 atom stereocenters. The zero-order valence-corrected chi connectivity index (χ0v) is 18.0. The van der Waals surface area contributed by atoms with Gasteiger partial charge in [-0.3, -0.25) is 14.6 Å². The first-order valence-electron chi connectivity index (χ1n) is 10.5. The number of benzene rings is 1. The summed E-state index contributed by atoms with van der Waals surface area (Å²) in [6.45, 7) is 2.07. The molecule has 1 spiro atoms. The number of nitrogens with two attached hydrogens (primary N) is 1. The topological polar surface area (TPSA) is 114 Å². The Morgan fingerprint density at radius 1 is 1.18 bits per heavy atom. The third-order valence-electron chi connectivity index (χ3n) is 6.16. The molecule has 3 N–H and O–H groups in total. The smallest absolute Gasteiger partial charge is 0.368 e. The number of nitrogen functional groups attached to an aromatic ring is 1. The molecular formula is C23H19F3N6O2. The first kappa shape index (κ1) is 21.8. The molecule has 5 rings (SSSR count). The Labute approximate surface area is 192 Å². The molecule has 11 heteroatoms. The number of aromatic nitrogens is 3. The van der Waals surface area contributed by atoms with Crippen molar-refractivity contribution in [3.8, 4) is 0 Å². The fourth-order valence-corrected chi connectivity index (χ4v) is 4.22. The Hall–Kier alpha value is -4.02. The average molecular weight is 468 g/mol. The summed E-state index contributed by atoms with van der Waals surface area (Å²) in [5.41, 5.74) is 6.95. The summed E-state index contributed by atoms with van der Waals surface area (Å²) in [4.78, 5) is 39.6. The number of aryl methyl sites for hydroxylation is 1. The van der Waals surface area contributed by atoms with E-state index in [1.54, 1.807) is 29.3 Å². The molecular weight excluding hydrogens is 449 g/mol. The largest absolute Gasteiger partial charge is 0.417 e. The fraction of sp³-hybridized carbons (Fsp3) is 0.261. The quantitative estimate of drug-likeness (QED) is 0.607. The number of hydrogen-bond acceptors (Lipinski definition) is 6. The molecule has 1 aliphatic heterocycles. The molecule has 1 aliphatic carbocycles. The van der Waals surface area contributed by atoms with Crippen LogP contribution in [-0.2, 0) is 22.9 Å². The summed E-state index contributed by atoms with van der Waals surface area (Å²) in [6.07, 6.45) is 0.0453. The summed E-state index contributed by atoms with van der Waals surface area (Å²) < 4.78 is 38.9. The molecule has 1 fully saturated rings. The van der Waals surface area contributed by atoms with Crippen LogP contribution in [0.3, 0.4) is 0 Å². The highest BCUT2D eigenvalue weighted by molar-refractivity contribution is 6.07. The molecule has 3 heterocycles. The van der Waals surface area contributed by atoms with E-state index in [4.69, 9.17) is 5.73 Å². The van der Waals surface area contributed by atoms with E-state index < -0.39 is 23.1 Å². The maximum Gasteiger partial charge on any atom is 0.417 e. The van der Waals surface area contributed by atoms with Crippen LogP contribution in [0.15, 0.2) is 42.9 Å². The first-order valence-corrected chi connectivity index (χ1v) is 10.5. The van der Waals surface area contributed by atoms with E-state index in [2.05, 4.69) is 20.3 Å². The molecule has 174 valence electrons. The van der Waals surface area contributed by atoms with Crippen LogP contribution < -0.4 is 16.0 Å². The number of carbonyl (C=O) groups excluding carboxylic acids is 2. The zero-order chi connectivity index (χ0) is 24.3. The summed E-state index contributed by atoms with van der Waals surface area (Å²) >= 11 is 0. The molecule has 8 nitrogen and oxygen atoms in total. The number of carbonyl (C=O) groups is 2. The third-order valence-corrected chi connectivity index (χ3v) is 6.16. The molecule has 2 amide bonds. The SMILES string of the molecule is Cc1ccc(NC(=O)c2cncc(C(F)(F)F)c2)cc1N1Cc2cnc(N)nc2C2(CC2)C1=O. The molecule has 0 radical (unpaired) electrons. The Bertz CT molecular complexity index is 1340. The van der Waals surface area contributed by atoms with Gasteiger partial charge in [-0.25, -0.2) is 9.97 Å². The van der Waals surface area contributed by atoms with Crippen LogP contribution in [0.2, 0.25) is 0 Å². The monoisotopic (exact) mass is 468 g/mol. The van der Waals surface area contributed by atoms with E-state index in [0.29, 0.717) is 36.1 Å². The Balaban J connectivity index is 1.45. The van der Waals surface area contributed by atoms with Crippen molar-refractivity contribution in [3.63, 3.8) is 0 Å². The highest BCUT2D eigenvalue weighted by atomic mass is 19.4. The van der Waals surface area contributed by atoms with E-state index >= 15 is 0 Å². The second-order valence-electron chi connectivity index (χ2n) is 8.49. The van der Waals surface area contributed by atoms with Crippen molar-refractivity contribution in [2.75, 3.05) is 16.0 Å². The van der Waals surface area contributed by atoms with Crippen LogP contribution in [0.25, 0.3) is 0 Å². The number of nitrogens with zero attached hydrogens (tertiary/aromatic N) is 4. The average Bonchev–Trinajstić information content (AvgIpc) is 3.60. The standard InChI is InChI=1S/C23H19F3N6O2/c1-12-2-3-16(30-19(33)13-6-15(10-28-8-13)23(24,25)26)7-17(12)32-11-14-9-29-21(27)31-18(14)22(4-5-22)20(32)34/h2-3,6-10H,4-5,11H2,1H3,(H,30,33)(H2,27,29,31). The van der Waals surface area contributed by atoms with Crippen LogP contribution in [0.5, 0.6) is 0 Å². The molecule has 2 aliphatic rings. The van der Waals surface area contributed by atoms with Crippen molar-refractivity contribution in [3.05, 3.63) is 70.8 Å². The number of fused-ring (bicyclic) bond motifs is 2. The molecule has 0 unspecified atom stereocenters. The fourth-order valence-electron chi connectivity index (χ4n) is 4.22. The lowest BCUT2D eigenvalue weighted by Gasteiger charge is -2.34. The number of anilines is 3. The second kappa shape index (κ2) is 7.51. The lowest BCUT2D eigenvalue weighted by Crippen LogP contribution is -2.45. The van der Waals surface area contributed by atoms with Crippen LogP contribution in [-0.4, -0.2) is 26.8 Å². The van der Waals surface area contributed by atoms with Gasteiger partial charge in [0, 0.05) is 35.5 Å². The number of halogens is 3. The van der Waals surface area contributed by atoms with Gasteiger partial charge in [0.25, 0.3) is 5.91 Å². The van der Waals surface area contributed by atoms with Gasteiger partial charge >= 0.3 is 6.18 Å². The van der Waals surface area contributed by atoms with Gasteiger partial charge < -0.3 is 16.0 Å². The van der Waals surface area contributed by atoms with E-state index in [1.165, 1.54) is 0 Å². The van der Waals surface area contributed by atoms with Crippen LogP contribution in [0, 0.1) is 6.92 Å². The normalized spacial score (nSPS) is 16.4. The lowest BCUT2D eigenvalue weighted by molar-refractivity contribution is -0.137. The maximum absolute atomic E-state index is 13.4. The Morgan fingerprint density at radius 3 is 2.65 bits per heavy atom. The molecule has 34 heavy (non-hydrogen) atoms. The minimum absolute atomic E-state index is 0.105. The predicted molar refractivity (Wildman–Crippen MR) is 117 cm³/mol. The molecule has 3 aromatic rings.